The fourth-order valence-electron chi connectivity index (χ4n) is 3.04. The molecule has 2 atom stereocenters. The summed E-state index contributed by atoms with van der Waals surface area (Å²) in [6.45, 7) is 0.482. The summed E-state index contributed by atoms with van der Waals surface area (Å²) in [5, 5.41) is 0.695. The van der Waals surface area contributed by atoms with E-state index in [4.69, 9.17) is 21.1 Å². The lowest BCUT2D eigenvalue weighted by molar-refractivity contribution is -0.141. The first-order valence-corrected chi connectivity index (χ1v) is 8.07. The van der Waals surface area contributed by atoms with Crippen LogP contribution in [0.15, 0.2) is 48.5 Å². The first-order chi connectivity index (χ1) is 11.2. The number of esters is 1. The molecule has 1 aliphatic rings. The monoisotopic (exact) mass is 330 g/mol. The molecule has 120 valence electrons. The van der Waals surface area contributed by atoms with Crippen LogP contribution in [0.1, 0.15) is 11.1 Å². The predicted molar refractivity (Wildman–Crippen MR) is 89.8 cm³/mol. The molecule has 0 N–H and O–H groups in total. The van der Waals surface area contributed by atoms with Crippen molar-refractivity contribution < 1.29 is 14.3 Å². The van der Waals surface area contributed by atoms with Crippen LogP contribution in [0.2, 0.25) is 5.02 Å². The van der Waals surface area contributed by atoms with Gasteiger partial charge in [-0.2, -0.15) is 0 Å². The fourth-order valence-corrected chi connectivity index (χ4v) is 3.25. The minimum atomic E-state index is -0.115. The maximum absolute atomic E-state index is 12.1. The van der Waals surface area contributed by atoms with Crippen LogP contribution in [-0.4, -0.2) is 19.7 Å². The lowest BCUT2D eigenvalue weighted by atomic mass is 9.85. The molecule has 0 aliphatic carbocycles. The summed E-state index contributed by atoms with van der Waals surface area (Å²) in [4.78, 5) is 12.1. The van der Waals surface area contributed by atoms with Gasteiger partial charge in [0.1, 0.15) is 5.75 Å². The first-order valence-electron chi connectivity index (χ1n) is 7.69. The van der Waals surface area contributed by atoms with Gasteiger partial charge in [-0.15, -0.1) is 0 Å². The molecule has 23 heavy (non-hydrogen) atoms. The van der Waals surface area contributed by atoms with Gasteiger partial charge in [0.2, 0.25) is 0 Å². The number of carbonyl (C=O) groups excluding carboxylic acids is 1. The number of methoxy groups -OCH3 is 1. The molecule has 0 bridgehead atoms. The van der Waals surface area contributed by atoms with Crippen LogP contribution in [0.4, 0.5) is 0 Å². The Kier molecular flexibility index (Phi) is 4.87. The van der Waals surface area contributed by atoms with E-state index in [2.05, 4.69) is 0 Å². The molecular formula is C19H19ClO3. The van der Waals surface area contributed by atoms with E-state index in [1.54, 1.807) is 7.11 Å². The van der Waals surface area contributed by atoms with Gasteiger partial charge >= 0.3 is 5.97 Å². The summed E-state index contributed by atoms with van der Waals surface area (Å²) in [6.07, 6.45) is 1.49. The molecule has 0 spiro atoms. The summed E-state index contributed by atoms with van der Waals surface area (Å²) >= 11 is 6.03. The Morgan fingerprint density at radius 1 is 1.13 bits per heavy atom. The maximum Gasteiger partial charge on any atom is 0.309 e. The number of ether oxygens (including phenoxy) is 2. The van der Waals surface area contributed by atoms with E-state index in [9.17, 15) is 4.79 Å². The molecule has 1 saturated heterocycles. The Balaban J connectivity index is 1.71. The number of hydrogen-bond donors (Lipinski definition) is 0. The average Bonchev–Trinajstić information content (AvgIpc) is 2.89. The smallest absolute Gasteiger partial charge is 0.309 e. The Morgan fingerprint density at radius 3 is 2.61 bits per heavy atom. The fraction of sp³-hybridized carbons (Fsp3) is 0.316. The number of rotatable bonds is 5. The first kappa shape index (κ1) is 15.9. The quantitative estimate of drug-likeness (QED) is 0.779. The molecule has 2 unspecified atom stereocenters. The third-order valence-electron chi connectivity index (χ3n) is 4.31. The summed E-state index contributed by atoms with van der Waals surface area (Å²) in [5.41, 5.74) is 2.26. The second kappa shape index (κ2) is 7.05. The second-order valence-corrected chi connectivity index (χ2v) is 6.32. The van der Waals surface area contributed by atoms with Crippen molar-refractivity contribution in [1.82, 2.24) is 0 Å². The van der Waals surface area contributed by atoms with Crippen molar-refractivity contribution in [3.05, 3.63) is 64.7 Å². The van der Waals surface area contributed by atoms with E-state index in [1.807, 2.05) is 48.5 Å². The highest BCUT2D eigenvalue weighted by atomic mass is 35.5. The third-order valence-corrected chi connectivity index (χ3v) is 4.55. The van der Waals surface area contributed by atoms with Crippen LogP contribution in [0, 0.1) is 11.8 Å². The van der Waals surface area contributed by atoms with Gasteiger partial charge < -0.3 is 9.47 Å². The zero-order valence-electron chi connectivity index (χ0n) is 13.0. The molecule has 2 aromatic rings. The zero-order chi connectivity index (χ0) is 16.2. The molecule has 0 aromatic heterocycles. The minimum Gasteiger partial charge on any atom is -0.497 e. The molecule has 3 rings (SSSR count). The summed E-state index contributed by atoms with van der Waals surface area (Å²) in [5.74, 6) is 0.803. The molecular weight excluding hydrogens is 312 g/mol. The standard InChI is InChI=1S/C19H19ClO3/c1-22-17-7-5-13(6-8-17)9-15-12-23-19(21)18(15)11-14-3-2-4-16(20)10-14/h2-8,10,15,18H,9,11-12H2,1H3. The van der Waals surface area contributed by atoms with Gasteiger partial charge in [0.05, 0.1) is 19.6 Å². The third kappa shape index (κ3) is 3.85. The molecule has 4 heteroatoms. The van der Waals surface area contributed by atoms with Crippen LogP contribution >= 0.6 is 11.6 Å². The average molecular weight is 331 g/mol. The van der Waals surface area contributed by atoms with Crippen LogP contribution in [0.25, 0.3) is 0 Å². The number of carbonyl (C=O) groups is 1. The Morgan fingerprint density at radius 2 is 1.91 bits per heavy atom. The highest BCUT2D eigenvalue weighted by Gasteiger charge is 2.36. The van der Waals surface area contributed by atoms with E-state index in [0.717, 1.165) is 17.7 Å². The number of cyclic esters (lactones) is 1. The van der Waals surface area contributed by atoms with Crippen LogP contribution in [0.5, 0.6) is 5.75 Å². The van der Waals surface area contributed by atoms with Crippen LogP contribution in [-0.2, 0) is 22.4 Å². The van der Waals surface area contributed by atoms with Crippen molar-refractivity contribution in [2.24, 2.45) is 11.8 Å². The van der Waals surface area contributed by atoms with Crippen molar-refractivity contribution >= 4 is 17.6 Å². The number of halogens is 1. The van der Waals surface area contributed by atoms with Crippen molar-refractivity contribution in [2.75, 3.05) is 13.7 Å². The van der Waals surface area contributed by atoms with Gasteiger partial charge in [0, 0.05) is 10.9 Å². The number of hydrogen-bond acceptors (Lipinski definition) is 3. The van der Waals surface area contributed by atoms with Gasteiger partial charge in [-0.25, -0.2) is 0 Å². The highest BCUT2D eigenvalue weighted by molar-refractivity contribution is 6.30. The van der Waals surface area contributed by atoms with E-state index in [-0.39, 0.29) is 17.8 Å². The molecule has 3 nitrogen and oxygen atoms in total. The SMILES string of the molecule is COc1ccc(CC2COC(=O)C2Cc2cccc(Cl)c2)cc1. The maximum atomic E-state index is 12.1. The minimum absolute atomic E-state index is 0.108. The van der Waals surface area contributed by atoms with Gasteiger partial charge in [-0.1, -0.05) is 35.9 Å². The predicted octanol–water partition coefficient (Wildman–Crippen LogP) is 3.92. The summed E-state index contributed by atoms with van der Waals surface area (Å²) < 4.78 is 10.5. The zero-order valence-corrected chi connectivity index (χ0v) is 13.8. The molecule has 0 radical (unpaired) electrons. The second-order valence-electron chi connectivity index (χ2n) is 5.88. The topological polar surface area (TPSA) is 35.5 Å². The largest absolute Gasteiger partial charge is 0.497 e. The van der Waals surface area contributed by atoms with Gasteiger partial charge in [-0.3, -0.25) is 4.79 Å². The van der Waals surface area contributed by atoms with E-state index in [0.29, 0.717) is 18.1 Å². The van der Waals surface area contributed by atoms with E-state index in [1.165, 1.54) is 5.56 Å². The molecule has 2 aromatic carbocycles. The molecule has 0 amide bonds. The van der Waals surface area contributed by atoms with E-state index < -0.39 is 0 Å². The Hall–Kier alpha value is -2.00. The summed E-state index contributed by atoms with van der Waals surface area (Å²) in [6, 6.07) is 15.6. The number of benzene rings is 2. The molecule has 1 fully saturated rings. The van der Waals surface area contributed by atoms with Gasteiger partial charge in [0.25, 0.3) is 0 Å². The van der Waals surface area contributed by atoms with Gasteiger partial charge in [-0.05, 0) is 48.2 Å². The normalized spacial score (nSPS) is 20.3. The summed E-state index contributed by atoms with van der Waals surface area (Å²) in [7, 11) is 1.65. The highest BCUT2D eigenvalue weighted by Crippen LogP contribution is 2.30. The van der Waals surface area contributed by atoms with E-state index >= 15 is 0 Å². The lowest BCUT2D eigenvalue weighted by Crippen LogP contribution is -2.20. The van der Waals surface area contributed by atoms with Gasteiger partial charge in [0.15, 0.2) is 0 Å². The molecule has 1 aliphatic heterocycles. The molecule has 1 heterocycles. The van der Waals surface area contributed by atoms with Crippen LogP contribution in [0.3, 0.4) is 0 Å². The van der Waals surface area contributed by atoms with Crippen molar-refractivity contribution in [2.45, 2.75) is 12.8 Å². The van der Waals surface area contributed by atoms with Crippen LogP contribution < -0.4 is 4.74 Å². The molecule has 0 saturated carbocycles. The Bertz CT molecular complexity index is 681. The van der Waals surface area contributed by atoms with Crippen molar-refractivity contribution in [3.8, 4) is 5.75 Å². The van der Waals surface area contributed by atoms with Crippen molar-refractivity contribution in [1.29, 1.82) is 0 Å². The van der Waals surface area contributed by atoms with Crippen molar-refractivity contribution in [3.63, 3.8) is 0 Å². The Labute approximate surface area is 141 Å². The lowest BCUT2D eigenvalue weighted by Gasteiger charge is -2.15.